The number of rotatable bonds is 5. The molecule has 0 saturated heterocycles. The van der Waals surface area contributed by atoms with Gasteiger partial charge in [-0.1, -0.05) is 0 Å². The number of nitrogens with zero attached hydrogens (tertiary/aromatic N) is 2. The molecule has 0 unspecified atom stereocenters. The van der Waals surface area contributed by atoms with E-state index in [4.69, 9.17) is 9.84 Å². The van der Waals surface area contributed by atoms with Crippen LogP contribution >= 0.6 is 11.3 Å². The zero-order chi connectivity index (χ0) is 15.6. The van der Waals surface area contributed by atoms with Gasteiger partial charge in [0.1, 0.15) is 21.3 Å². The van der Waals surface area contributed by atoms with E-state index in [1.807, 2.05) is 20.8 Å². The summed E-state index contributed by atoms with van der Waals surface area (Å²) in [6.45, 7) is 7.70. The Morgan fingerprint density at radius 3 is 2.71 bits per heavy atom. The van der Waals surface area contributed by atoms with Gasteiger partial charge in [0.15, 0.2) is 0 Å². The van der Waals surface area contributed by atoms with Gasteiger partial charge in [0.25, 0.3) is 0 Å². The predicted molar refractivity (Wildman–Crippen MR) is 83.0 cm³/mol. The van der Waals surface area contributed by atoms with Crippen LogP contribution in [0.1, 0.15) is 34.9 Å². The molecule has 0 radical (unpaired) electrons. The van der Waals surface area contributed by atoms with Crippen LogP contribution in [-0.2, 0) is 4.74 Å². The van der Waals surface area contributed by atoms with Gasteiger partial charge in [0, 0.05) is 6.54 Å². The van der Waals surface area contributed by atoms with Crippen LogP contribution in [0.3, 0.4) is 0 Å². The van der Waals surface area contributed by atoms with Crippen molar-refractivity contribution in [3.05, 3.63) is 16.3 Å². The summed E-state index contributed by atoms with van der Waals surface area (Å²) < 4.78 is 5.26. The smallest absolute Gasteiger partial charge is 0.348 e. The summed E-state index contributed by atoms with van der Waals surface area (Å²) in [4.78, 5) is 22.2. The standard InChI is InChI=1S/C14H19N3O3S/c1-7(2)20-14(19)11-8(3)10-12(15-5-6-18)16-9(4)17-13(10)21-11/h7,18H,5-6H2,1-4H3,(H,15,16,17). The number of aromatic nitrogens is 2. The van der Waals surface area contributed by atoms with Crippen molar-refractivity contribution >= 4 is 33.3 Å². The number of carbonyl (C=O) groups is 1. The third kappa shape index (κ3) is 3.30. The summed E-state index contributed by atoms with van der Waals surface area (Å²) in [7, 11) is 0. The molecule has 6 nitrogen and oxygen atoms in total. The number of hydrogen-bond donors (Lipinski definition) is 2. The van der Waals surface area contributed by atoms with Gasteiger partial charge in [-0.05, 0) is 33.3 Å². The van der Waals surface area contributed by atoms with Crippen molar-refractivity contribution in [3.63, 3.8) is 0 Å². The minimum Gasteiger partial charge on any atom is -0.459 e. The fraction of sp³-hybridized carbons (Fsp3) is 0.500. The number of carbonyl (C=O) groups excluding carboxylic acids is 1. The van der Waals surface area contributed by atoms with Crippen molar-refractivity contribution in [3.8, 4) is 0 Å². The third-order valence-electron chi connectivity index (χ3n) is 2.83. The molecule has 2 rings (SSSR count). The summed E-state index contributed by atoms with van der Waals surface area (Å²) in [5, 5.41) is 12.8. The Labute approximate surface area is 127 Å². The lowest BCUT2D eigenvalue weighted by atomic mass is 10.2. The van der Waals surface area contributed by atoms with Crippen molar-refractivity contribution in [1.82, 2.24) is 9.97 Å². The van der Waals surface area contributed by atoms with E-state index >= 15 is 0 Å². The minimum absolute atomic E-state index is 0.00990. The Kier molecular flexibility index (Phi) is 4.74. The second-order valence-electron chi connectivity index (χ2n) is 4.96. The largest absolute Gasteiger partial charge is 0.459 e. The first-order valence-corrected chi connectivity index (χ1v) is 7.59. The highest BCUT2D eigenvalue weighted by Gasteiger charge is 2.21. The lowest BCUT2D eigenvalue weighted by Gasteiger charge is -2.08. The number of esters is 1. The molecule has 0 atom stereocenters. The highest BCUT2D eigenvalue weighted by Crippen LogP contribution is 2.34. The average molecular weight is 309 g/mol. The van der Waals surface area contributed by atoms with Crippen LogP contribution < -0.4 is 5.32 Å². The molecule has 0 aliphatic rings. The van der Waals surface area contributed by atoms with Crippen molar-refractivity contribution in [2.75, 3.05) is 18.5 Å². The molecule has 0 fully saturated rings. The summed E-state index contributed by atoms with van der Waals surface area (Å²) in [5.41, 5.74) is 0.807. The molecule has 2 N–H and O–H groups in total. The number of aliphatic hydroxyl groups excluding tert-OH is 1. The second kappa shape index (κ2) is 6.36. The van der Waals surface area contributed by atoms with Gasteiger partial charge in [-0.25, -0.2) is 14.8 Å². The van der Waals surface area contributed by atoms with Crippen LogP contribution in [0.2, 0.25) is 0 Å². The zero-order valence-corrected chi connectivity index (χ0v) is 13.4. The second-order valence-corrected chi connectivity index (χ2v) is 5.96. The molecule has 7 heteroatoms. The van der Waals surface area contributed by atoms with E-state index in [-0.39, 0.29) is 18.7 Å². The molecule has 0 bridgehead atoms. The summed E-state index contributed by atoms with van der Waals surface area (Å²) in [6.07, 6.45) is -0.165. The lowest BCUT2D eigenvalue weighted by Crippen LogP contribution is -2.11. The minimum atomic E-state index is -0.337. The van der Waals surface area contributed by atoms with Gasteiger partial charge in [-0.2, -0.15) is 0 Å². The predicted octanol–water partition coefficient (Wildman–Crippen LogP) is 2.28. The molecule has 0 spiro atoms. The van der Waals surface area contributed by atoms with E-state index in [0.717, 1.165) is 15.8 Å². The van der Waals surface area contributed by atoms with E-state index in [1.165, 1.54) is 11.3 Å². The first-order valence-electron chi connectivity index (χ1n) is 6.77. The lowest BCUT2D eigenvalue weighted by molar-refractivity contribution is 0.0383. The van der Waals surface area contributed by atoms with E-state index in [9.17, 15) is 4.79 Å². The molecule has 114 valence electrons. The molecule has 2 aromatic rings. The summed E-state index contributed by atoms with van der Waals surface area (Å²) in [6, 6.07) is 0. The Morgan fingerprint density at radius 1 is 1.38 bits per heavy atom. The molecule has 0 aliphatic carbocycles. The van der Waals surface area contributed by atoms with Crippen LogP contribution in [0.15, 0.2) is 0 Å². The molecule has 0 saturated carbocycles. The number of thiophene rings is 1. The van der Waals surface area contributed by atoms with Crippen molar-refractivity contribution < 1.29 is 14.6 Å². The average Bonchev–Trinajstić information content (AvgIpc) is 2.72. The maximum atomic E-state index is 12.1. The van der Waals surface area contributed by atoms with Crippen LogP contribution in [-0.4, -0.2) is 40.3 Å². The van der Waals surface area contributed by atoms with E-state index in [1.54, 1.807) is 6.92 Å². The van der Waals surface area contributed by atoms with Crippen LogP contribution in [0.25, 0.3) is 10.2 Å². The number of hydrogen-bond acceptors (Lipinski definition) is 7. The summed E-state index contributed by atoms with van der Waals surface area (Å²) >= 11 is 1.31. The molecular formula is C14H19N3O3S. The first kappa shape index (κ1) is 15.7. The van der Waals surface area contributed by atoms with Gasteiger partial charge >= 0.3 is 5.97 Å². The topological polar surface area (TPSA) is 84.3 Å². The Balaban J connectivity index is 2.51. The van der Waals surface area contributed by atoms with E-state index in [2.05, 4.69) is 15.3 Å². The quantitative estimate of drug-likeness (QED) is 0.824. The van der Waals surface area contributed by atoms with E-state index in [0.29, 0.717) is 23.1 Å². The zero-order valence-electron chi connectivity index (χ0n) is 12.6. The van der Waals surface area contributed by atoms with Gasteiger partial charge in [-0.15, -0.1) is 11.3 Å². The monoisotopic (exact) mass is 309 g/mol. The first-order chi connectivity index (χ1) is 9.93. The number of nitrogens with one attached hydrogen (secondary N) is 1. The summed E-state index contributed by atoms with van der Waals surface area (Å²) in [5.74, 6) is 0.924. The fourth-order valence-corrected chi connectivity index (χ4v) is 3.12. The van der Waals surface area contributed by atoms with Crippen molar-refractivity contribution in [1.29, 1.82) is 0 Å². The van der Waals surface area contributed by atoms with Gasteiger partial charge in [-0.3, -0.25) is 0 Å². The third-order valence-corrected chi connectivity index (χ3v) is 4.00. The maximum absolute atomic E-state index is 12.1. The van der Waals surface area contributed by atoms with Crippen LogP contribution in [0.4, 0.5) is 5.82 Å². The van der Waals surface area contributed by atoms with Gasteiger partial charge in [0.2, 0.25) is 0 Å². The Hall–Kier alpha value is -1.73. The highest BCUT2D eigenvalue weighted by molar-refractivity contribution is 7.20. The van der Waals surface area contributed by atoms with Gasteiger partial charge < -0.3 is 15.2 Å². The normalized spacial score (nSPS) is 11.1. The van der Waals surface area contributed by atoms with E-state index < -0.39 is 0 Å². The number of ether oxygens (including phenoxy) is 1. The molecule has 21 heavy (non-hydrogen) atoms. The van der Waals surface area contributed by atoms with Crippen LogP contribution in [0, 0.1) is 13.8 Å². The van der Waals surface area contributed by atoms with Crippen molar-refractivity contribution in [2.24, 2.45) is 0 Å². The Bertz CT molecular complexity index is 667. The van der Waals surface area contributed by atoms with Crippen LogP contribution in [0.5, 0.6) is 0 Å². The molecule has 0 aliphatic heterocycles. The highest BCUT2D eigenvalue weighted by atomic mass is 32.1. The number of fused-ring (bicyclic) bond motifs is 1. The van der Waals surface area contributed by atoms with Gasteiger partial charge in [0.05, 0.1) is 18.1 Å². The SMILES string of the molecule is Cc1nc(NCCO)c2c(C)c(C(=O)OC(C)C)sc2n1. The maximum Gasteiger partial charge on any atom is 0.348 e. The number of aliphatic hydroxyl groups is 1. The molecule has 2 heterocycles. The number of aryl methyl sites for hydroxylation is 2. The molecule has 0 amide bonds. The molecule has 2 aromatic heterocycles. The molecular weight excluding hydrogens is 290 g/mol. The molecule has 0 aromatic carbocycles. The van der Waals surface area contributed by atoms with Crippen molar-refractivity contribution in [2.45, 2.75) is 33.8 Å². The number of anilines is 1. The fourth-order valence-electron chi connectivity index (χ4n) is 2.01. The Morgan fingerprint density at radius 2 is 2.10 bits per heavy atom.